The lowest BCUT2D eigenvalue weighted by molar-refractivity contribution is -0.125. The fraction of sp³-hybridized carbons (Fsp3) is 0.933. The van der Waals surface area contributed by atoms with E-state index in [0.717, 1.165) is 12.8 Å². The second kappa shape index (κ2) is 11.9. The standard InChI is InChI=1S/C15H31NO/c1-4-6-8-9-10-11-13-14(12-7-5-2)15(17)16-3/h14H,4-13H2,1-3H3,(H,16,17). The number of nitrogens with one attached hydrogen (secondary N) is 1. The maximum Gasteiger partial charge on any atom is 0.222 e. The zero-order valence-corrected chi connectivity index (χ0v) is 12.1. The Kier molecular flexibility index (Phi) is 11.6. The highest BCUT2D eigenvalue weighted by molar-refractivity contribution is 5.78. The zero-order valence-electron chi connectivity index (χ0n) is 12.1. The van der Waals surface area contributed by atoms with Crippen LogP contribution in [0.15, 0.2) is 0 Å². The van der Waals surface area contributed by atoms with Gasteiger partial charge in [0, 0.05) is 13.0 Å². The molecule has 0 aliphatic heterocycles. The van der Waals surface area contributed by atoms with Crippen molar-refractivity contribution in [1.29, 1.82) is 0 Å². The summed E-state index contributed by atoms with van der Waals surface area (Å²) in [6, 6.07) is 0. The molecule has 0 aromatic rings. The fourth-order valence-electron chi connectivity index (χ4n) is 2.23. The van der Waals surface area contributed by atoms with Crippen molar-refractivity contribution in [3.05, 3.63) is 0 Å². The minimum absolute atomic E-state index is 0.243. The number of hydrogen-bond donors (Lipinski definition) is 1. The maximum absolute atomic E-state index is 11.7. The Labute approximate surface area is 108 Å². The van der Waals surface area contributed by atoms with E-state index in [1.54, 1.807) is 7.05 Å². The summed E-state index contributed by atoms with van der Waals surface area (Å²) >= 11 is 0. The van der Waals surface area contributed by atoms with Crippen LogP contribution in [-0.2, 0) is 4.79 Å². The van der Waals surface area contributed by atoms with E-state index in [1.807, 2.05) is 0 Å². The minimum atomic E-state index is 0.243. The van der Waals surface area contributed by atoms with Gasteiger partial charge in [-0.2, -0.15) is 0 Å². The van der Waals surface area contributed by atoms with Gasteiger partial charge in [-0.1, -0.05) is 65.2 Å². The molecule has 102 valence electrons. The number of hydrogen-bond acceptors (Lipinski definition) is 1. The smallest absolute Gasteiger partial charge is 0.222 e. The first-order chi connectivity index (χ1) is 8.26. The summed E-state index contributed by atoms with van der Waals surface area (Å²) in [5.74, 6) is 0.498. The highest BCUT2D eigenvalue weighted by Crippen LogP contribution is 2.17. The molecule has 1 N–H and O–H groups in total. The molecule has 0 saturated heterocycles. The molecule has 0 saturated carbocycles. The number of unbranched alkanes of at least 4 members (excludes halogenated alkanes) is 6. The van der Waals surface area contributed by atoms with Crippen LogP contribution < -0.4 is 5.32 Å². The molecule has 0 aromatic heterocycles. The molecule has 0 radical (unpaired) electrons. The van der Waals surface area contributed by atoms with Gasteiger partial charge in [0.2, 0.25) is 5.91 Å². The first kappa shape index (κ1) is 16.5. The van der Waals surface area contributed by atoms with Crippen LogP contribution in [0.5, 0.6) is 0 Å². The van der Waals surface area contributed by atoms with Crippen LogP contribution >= 0.6 is 0 Å². The van der Waals surface area contributed by atoms with E-state index in [4.69, 9.17) is 0 Å². The van der Waals surface area contributed by atoms with E-state index < -0.39 is 0 Å². The van der Waals surface area contributed by atoms with Crippen LogP contribution in [0.3, 0.4) is 0 Å². The Morgan fingerprint density at radius 2 is 1.41 bits per heavy atom. The molecule has 0 aliphatic carbocycles. The lowest BCUT2D eigenvalue weighted by Gasteiger charge is -2.14. The average molecular weight is 241 g/mol. The molecule has 2 nitrogen and oxygen atoms in total. The largest absolute Gasteiger partial charge is 0.359 e. The summed E-state index contributed by atoms with van der Waals surface area (Å²) in [5, 5.41) is 2.80. The molecule has 1 atom stereocenters. The summed E-state index contributed by atoms with van der Waals surface area (Å²) in [6.45, 7) is 4.43. The third kappa shape index (κ3) is 9.20. The first-order valence-electron chi connectivity index (χ1n) is 7.47. The van der Waals surface area contributed by atoms with Gasteiger partial charge in [-0.05, 0) is 12.8 Å². The molecule has 17 heavy (non-hydrogen) atoms. The van der Waals surface area contributed by atoms with Gasteiger partial charge < -0.3 is 5.32 Å². The van der Waals surface area contributed by atoms with E-state index in [9.17, 15) is 4.79 Å². The molecule has 0 fully saturated rings. The maximum atomic E-state index is 11.7. The zero-order chi connectivity index (χ0) is 12.9. The Morgan fingerprint density at radius 1 is 0.882 bits per heavy atom. The van der Waals surface area contributed by atoms with Crippen LogP contribution in [0, 0.1) is 5.92 Å². The van der Waals surface area contributed by atoms with Crippen molar-refractivity contribution < 1.29 is 4.79 Å². The lowest BCUT2D eigenvalue weighted by Crippen LogP contribution is -2.27. The van der Waals surface area contributed by atoms with Gasteiger partial charge >= 0.3 is 0 Å². The van der Waals surface area contributed by atoms with E-state index >= 15 is 0 Å². The van der Waals surface area contributed by atoms with Crippen LogP contribution in [0.1, 0.15) is 78.1 Å². The predicted octanol–water partition coefficient (Wildman–Crippen LogP) is 4.29. The van der Waals surface area contributed by atoms with Crippen molar-refractivity contribution in [2.75, 3.05) is 7.05 Å². The van der Waals surface area contributed by atoms with Gasteiger partial charge in [0.05, 0.1) is 0 Å². The number of rotatable bonds is 11. The van der Waals surface area contributed by atoms with E-state index in [2.05, 4.69) is 19.2 Å². The highest BCUT2D eigenvalue weighted by Gasteiger charge is 2.15. The summed E-state index contributed by atoms with van der Waals surface area (Å²) in [7, 11) is 1.75. The molecule has 0 bridgehead atoms. The van der Waals surface area contributed by atoms with E-state index in [0.29, 0.717) is 0 Å². The van der Waals surface area contributed by atoms with E-state index in [-0.39, 0.29) is 11.8 Å². The van der Waals surface area contributed by atoms with Crippen LogP contribution in [0.4, 0.5) is 0 Å². The van der Waals surface area contributed by atoms with Gasteiger partial charge in [0.1, 0.15) is 0 Å². The molecule has 0 heterocycles. The first-order valence-corrected chi connectivity index (χ1v) is 7.47. The summed E-state index contributed by atoms with van der Waals surface area (Å²) in [6.07, 6.45) is 12.4. The summed E-state index contributed by atoms with van der Waals surface area (Å²) in [5.41, 5.74) is 0. The SMILES string of the molecule is CCCCCCCCC(CCCC)C(=O)NC. The van der Waals surface area contributed by atoms with Crippen molar-refractivity contribution in [3.63, 3.8) is 0 Å². The second-order valence-corrected chi connectivity index (χ2v) is 5.01. The van der Waals surface area contributed by atoms with Crippen molar-refractivity contribution in [1.82, 2.24) is 5.32 Å². The van der Waals surface area contributed by atoms with Crippen LogP contribution in [0.25, 0.3) is 0 Å². The van der Waals surface area contributed by atoms with Crippen molar-refractivity contribution in [3.8, 4) is 0 Å². The molecule has 0 aromatic carbocycles. The summed E-state index contributed by atoms with van der Waals surface area (Å²) < 4.78 is 0. The van der Waals surface area contributed by atoms with Crippen molar-refractivity contribution in [2.24, 2.45) is 5.92 Å². The molecule has 0 aliphatic rings. The fourth-order valence-corrected chi connectivity index (χ4v) is 2.23. The summed E-state index contributed by atoms with van der Waals surface area (Å²) in [4.78, 5) is 11.7. The lowest BCUT2D eigenvalue weighted by atomic mass is 9.94. The highest BCUT2D eigenvalue weighted by atomic mass is 16.1. The van der Waals surface area contributed by atoms with Crippen molar-refractivity contribution in [2.45, 2.75) is 78.1 Å². The van der Waals surface area contributed by atoms with Crippen LogP contribution in [-0.4, -0.2) is 13.0 Å². The Balaban J connectivity index is 3.64. The monoisotopic (exact) mass is 241 g/mol. The molecule has 0 rings (SSSR count). The molecular formula is C15H31NO. The predicted molar refractivity (Wildman–Crippen MR) is 75.1 cm³/mol. The molecule has 1 amide bonds. The topological polar surface area (TPSA) is 29.1 Å². The number of carbonyl (C=O) groups is 1. The Hall–Kier alpha value is -0.530. The third-order valence-electron chi connectivity index (χ3n) is 3.43. The van der Waals surface area contributed by atoms with Crippen molar-refractivity contribution >= 4 is 5.91 Å². The minimum Gasteiger partial charge on any atom is -0.359 e. The van der Waals surface area contributed by atoms with Gasteiger partial charge in [-0.15, -0.1) is 0 Å². The Bertz CT molecular complexity index is 180. The third-order valence-corrected chi connectivity index (χ3v) is 3.43. The van der Waals surface area contributed by atoms with Gasteiger partial charge in [-0.25, -0.2) is 0 Å². The molecule has 0 spiro atoms. The molecule has 1 unspecified atom stereocenters. The van der Waals surface area contributed by atoms with Crippen LogP contribution in [0.2, 0.25) is 0 Å². The second-order valence-electron chi connectivity index (χ2n) is 5.01. The average Bonchev–Trinajstić information content (AvgIpc) is 2.36. The number of amides is 1. The molecule has 2 heteroatoms. The normalized spacial score (nSPS) is 12.4. The van der Waals surface area contributed by atoms with E-state index in [1.165, 1.54) is 51.4 Å². The van der Waals surface area contributed by atoms with Gasteiger partial charge in [0.15, 0.2) is 0 Å². The van der Waals surface area contributed by atoms with Gasteiger partial charge in [-0.3, -0.25) is 4.79 Å². The van der Waals surface area contributed by atoms with Gasteiger partial charge in [0.25, 0.3) is 0 Å². The molecular weight excluding hydrogens is 210 g/mol. The number of carbonyl (C=O) groups excluding carboxylic acids is 1. The quantitative estimate of drug-likeness (QED) is 0.537. The Morgan fingerprint density at radius 3 is 2.00 bits per heavy atom.